The first-order chi connectivity index (χ1) is 15.4. The number of hydrogen-bond donors (Lipinski definition) is 2. The van der Waals surface area contributed by atoms with Crippen LogP contribution in [0.2, 0.25) is 0 Å². The van der Waals surface area contributed by atoms with Crippen molar-refractivity contribution in [3.63, 3.8) is 0 Å². The second-order valence-corrected chi connectivity index (χ2v) is 8.24. The van der Waals surface area contributed by atoms with Gasteiger partial charge in [0.15, 0.2) is 0 Å². The van der Waals surface area contributed by atoms with Crippen molar-refractivity contribution in [2.75, 3.05) is 41.7 Å². The molecule has 1 atom stereocenters. The zero-order chi connectivity index (χ0) is 22.4. The molecule has 0 spiro atoms. The highest BCUT2D eigenvalue weighted by Crippen LogP contribution is 2.31. The molecule has 164 valence electrons. The Morgan fingerprint density at radius 1 is 0.781 bits per heavy atom. The first-order valence-electron chi connectivity index (χ1n) is 10.6. The van der Waals surface area contributed by atoms with E-state index in [1.165, 1.54) is 0 Å². The van der Waals surface area contributed by atoms with Crippen LogP contribution in [0.15, 0.2) is 42.5 Å². The van der Waals surface area contributed by atoms with Gasteiger partial charge in [-0.1, -0.05) is 0 Å². The van der Waals surface area contributed by atoms with Crippen LogP contribution in [0.4, 0.5) is 17.1 Å². The number of hydrogen-bond acceptors (Lipinski definition) is 7. The molecule has 9 heteroatoms. The summed E-state index contributed by atoms with van der Waals surface area (Å²) in [5.41, 5.74) is 9.09. The molecule has 0 aliphatic carbocycles. The maximum Gasteiger partial charge on any atom is 0.262 e. The van der Waals surface area contributed by atoms with Crippen molar-refractivity contribution in [1.82, 2.24) is 10.2 Å². The highest BCUT2D eigenvalue weighted by Gasteiger charge is 2.44. The van der Waals surface area contributed by atoms with E-state index in [2.05, 4.69) is 15.1 Å². The fourth-order valence-electron chi connectivity index (χ4n) is 4.56. The normalized spacial score (nSPS) is 21.1. The summed E-state index contributed by atoms with van der Waals surface area (Å²) in [5, 5.41) is 2.21. The molecule has 0 radical (unpaired) electrons. The Morgan fingerprint density at radius 2 is 1.38 bits per heavy atom. The number of carbonyl (C=O) groups is 4. The predicted molar refractivity (Wildman–Crippen MR) is 118 cm³/mol. The molecule has 1 unspecified atom stereocenters. The summed E-state index contributed by atoms with van der Waals surface area (Å²) in [6, 6.07) is 12.1. The molecule has 2 aromatic carbocycles. The molecule has 0 bridgehead atoms. The molecular formula is C23H23N5O4. The number of anilines is 3. The summed E-state index contributed by atoms with van der Waals surface area (Å²) >= 11 is 0. The largest absolute Gasteiger partial charge is 0.399 e. The summed E-state index contributed by atoms with van der Waals surface area (Å²) in [6.45, 7) is 3.16. The minimum absolute atomic E-state index is 0.105. The number of piperazine rings is 1. The Balaban J connectivity index is 1.31. The van der Waals surface area contributed by atoms with Crippen LogP contribution in [0.3, 0.4) is 0 Å². The minimum Gasteiger partial charge on any atom is -0.399 e. The van der Waals surface area contributed by atoms with Gasteiger partial charge in [-0.05, 0) is 48.9 Å². The first kappa shape index (κ1) is 20.0. The number of carbonyl (C=O) groups excluding carboxylic acids is 4. The molecule has 32 heavy (non-hydrogen) atoms. The highest BCUT2D eigenvalue weighted by molar-refractivity contribution is 6.23. The van der Waals surface area contributed by atoms with Crippen molar-refractivity contribution < 1.29 is 19.2 Å². The van der Waals surface area contributed by atoms with Crippen molar-refractivity contribution in [2.24, 2.45) is 0 Å². The van der Waals surface area contributed by atoms with Gasteiger partial charge in [0.1, 0.15) is 6.04 Å². The third kappa shape index (κ3) is 3.35. The van der Waals surface area contributed by atoms with Gasteiger partial charge in [-0.3, -0.25) is 29.4 Å². The number of piperidine rings is 1. The van der Waals surface area contributed by atoms with Crippen molar-refractivity contribution >= 4 is 40.7 Å². The summed E-state index contributed by atoms with van der Waals surface area (Å²) < 4.78 is 0. The Labute approximate surface area is 184 Å². The van der Waals surface area contributed by atoms with Crippen LogP contribution in [-0.4, -0.2) is 60.7 Å². The number of nitrogen functional groups attached to an aromatic ring is 1. The van der Waals surface area contributed by atoms with E-state index in [1.807, 2.05) is 30.3 Å². The summed E-state index contributed by atoms with van der Waals surface area (Å²) in [4.78, 5) is 55.0. The molecule has 0 saturated carbocycles. The molecule has 3 aliphatic rings. The van der Waals surface area contributed by atoms with E-state index in [1.54, 1.807) is 12.1 Å². The number of imide groups is 2. The van der Waals surface area contributed by atoms with E-state index in [0.717, 1.165) is 48.1 Å². The van der Waals surface area contributed by atoms with E-state index >= 15 is 0 Å². The number of benzene rings is 2. The number of fused-ring (bicyclic) bond motifs is 1. The van der Waals surface area contributed by atoms with Gasteiger partial charge in [0, 0.05) is 49.7 Å². The average Bonchev–Trinajstić information content (AvgIpc) is 3.04. The molecule has 0 aromatic heterocycles. The van der Waals surface area contributed by atoms with Gasteiger partial charge in [-0.15, -0.1) is 0 Å². The van der Waals surface area contributed by atoms with Gasteiger partial charge < -0.3 is 15.5 Å². The average molecular weight is 433 g/mol. The van der Waals surface area contributed by atoms with Gasteiger partial charge in [0.2, 0.25) is 11.8 Å². The summed E-state index contributed by atoms with van der Waals surface area (Å²) in [6.07, 6.45) is 0.253. The van der Waals surface area contributed by atoms with Gasteiger partial charge in [0.05, 0.1) is 11.1 Å². The van der Waals surface area contributed by atoms with Crippen LogP contribution in [0.25, 0.3) is 0 Å². The van der Waals surface area contributed by atoms with Crippen LogP contribution in [0, 0.1) is 0 Å². The zero-order valence-electron chi connectivity index (χ0n) is 17.4. The maximum absolute atomic E-state index is 13.0. The van der Waals surface area contributed by atoms with Gasteiger partial charge in [-0.25, -0.2) is 0 Å². The molecule has 2 aromatic rings. The maximum atomic E-state index is 13.0. The van der Waals surface area contributed by atoms with Crippen molar-refractivity contribution in [3.05, 3.63) is 53.6 Å². The smallest absolute Gasteiger partial charge is 0.262 e. The Kier molecular flexibility index (Phi) is 4.80. The Bertz CT molecular complexity index is 1120. The van der Waals surface area contributed by atoms with Crippen LogP contribution < -0.4 is 20.9 Å². The third-order valence-electron chi connectivity index (χ3n) is 6.33. The lowest BCUT2D eigenvalue weighted by atomic mass is 10.0. The lowest BCUT2D eigenvalue weighted by Crippen LogP contribution is -2.54. The van der Waals surface area contributed by atoms with E-state index in [9.17, 15) is 19.2 Å². The SMILES string of the molecule is Nc1ccc(N2CCN(c3ccc4c(c3)C(=O)N(C3CCC(=O)NC3=O)C4=O)CC2)cc1. The number of rotatable bonds is 3. The van der Waals surface area contributed by atoms with Crippen molar-refractivity contribution in [1.29, 1.82) is 0 Å². The second-order valence-electron chi connectivity index (χ2n) is 8.24. The molecule has 3 heterocycles. The molecule has 2 saturated heterocycles. The molecule has 3 N–H and O–H groups in total. The molecule has 4 amide bonds. The van der Waals surface area contributed by atoms with Gasteiger partial charge in [0.25, 0.3) is 11.8 Å². The molecular weight excluding hydrogens is 410 g/mol. The number of nitrogens with zero attached hydrogens (tertiary/aromatic N) is 3. The van der Waals surface area contributed by atoms with E-state index in [-0.39, 0.29) is 18.7 Å². The highest BCUT2D eigenvalue weighted by atomic mass is 16.2. The quantitative estimate of drug-likeness (QED) is 0.548. The first-order valence-corrected chi connectivity index (χ1v) is 10.6. The van der Waals surface area contributed by atoms with Gasteiger partial charge >= 0.3 is 0 Å². The number of amides is 4. The summed E-state index contributed by atoms with van der Waals surface area (Å²) in [5.74, 6) is -1.96. The standard InChI is InChI=1S/C23H23N5O4/c24-14-1-3-15(4-2-14)26-9-11-27(12-10-26)16-5-6-17-18(13-16)23(32)28(22(17)31)19-7-8-20(29)25-21(19)30/h1-6,13,19H,7-12,24H2,(H,25,29,30). The van der Waals surface area contributed by atoms with E-state index in [4.69, 9.17) is 5.73 Å². The number of nitrogens with two attached hydrogens (primary N) is 1. The van der Waals surface area contributed by atoms with Crippen LogP contribution in [0.1, 0.15) is 33.6 Å². The second kappa shape index (κ2) is 7.67. The van der Waals surface area contributed by atoms with Crippen molar-refractivity contribution in [3.8, 4) is 0 Å². The van der Waals surface area contributed by atoms with Crippen LogP contribution in [-0.2, 0) is 9.59 Å². The minimum atomic E-state index is -0.952. The predicted octanol–water partition coefficient (Wildman–Crippen LogP) is 0.997. The van der Waals surface area contributed by atoms with Gasteiger partial charge in [-0.2, -0.15) is 0 Å². The number of nitrogens with one attached hydrogen (secondary N) is 1. The lowest BCUT2D eigenvalue weighted by Gasteiger charge is -2.37. The van der Waals surface area contributed by atoms with E-state index < -0.39 is 23.8 Å². The van der Waals surface area contributed by atoms with Crippen LogP contribution >= 0.6 is 0 Å². The Hall–Kier alpha value is -3.88. The van der Waals surface area contributed by atoms with Crippen LogP contribution in [0.5, 0.6) is 0 Å². The third-order valence-corrected chi connectivity index (χ3v) is 6.33. The van der Waals surface area contributed by atoms with E-state index in [0.29, 0.717) is 11.1 Å². The Morgan fingerprint density at radius 3 is 2.03 bits per heavy atom. The fraction of sp³-hybridized carbons (Fsp3) is 0.304. The molecule has 9 nitrogen and oxygen atoms in total. The molecule has 3 aliphatic heterocycles. The zero-order valence-corrected chi connectivity index (χ0v) is 17.4. The lowest BCUT2D eigenvalue weighted by molar-refractivity contribution is -0.136. The monoisotopic (exact) mass is 433 g/mol. The topological polar surface area (TPSA) is 116 Å². The fourth-order valence-corrected chi connectivity index (χ4v) is 4.56. The summed E-state index contributed by atoms with van der Waals surface area (Å²) in [7, 11) is 0. The van der Waals surface area contributed by atoms with Crippen molar-refractivity contribution in [2.45, 2.75) is 18.9 Å². The molecule has 2 fully saturated rings. The molecule has 5 rings (SSSR count).